The maximum Gasteiger partial charge on any atom is 0.338 e. The summed E-state index contributed by atoms with van der Waals surface area (Å²) in [5.41, 5.74) is 1.95. The average Bonchev–Trinajstić information content (AvgIpc) is 2.57. The quantitative estimate of drug-likeness (QED) is 0.591. The van der Waals surface area contributed by atoms with E-state index in [-0.39, 0.29) is 11.7 Å². The van der Waals surface area contributed by atoms with Crippen molar-refractivity contribution in [3.8, 4) is 0 Å². The van der Waals surface area contributed by atoms with E-state index in [4.69, 9.17) is 4.74 Å². The van der Waals surface area contributed by atoms with E-state index in [0.29, 0.717) is 24.2 Å². The van der Waals surface area contributed by atoms with Gasteiger partial charge in [-0.1, -0.05) is 49.4 Å². The van der Waals surface area contributed by atoms with Gasteiger partial charge < -0.3 is 4.74 Å². The number of hydrogen-bond acceptors (Lipinski definition) is 3. The molecule has 0 radical (unpaired) electrons. The molecule has 3 nitrogen and oxygen atoms in total. The summed E-state index contributed by atoms with van der Waals surface area (Å²) in [4.78, 5) is 24.6. The molecule has 0 fully saturated rings. The summed E-state index contributed by atoms with van der Waals surface area (Å²) < 4.78 is 4.98. The zero-order valence-electron chi connectivity index (χ0n) is 12.9. The van der Waals surface area contributed by atoms with Crippen molar-refractivity contribution in [1.29, 1.82) is 0 Å². The minimum absolute atomic E-state index is 0.0276. The van der Waals surface area contributed by atoms with Crippen LogP contribution in [0.4, 0.5) is 0 Å². The Morgan fingerprint density at radius 2 is 1.64 bits per heavy atom. The van der Waals surface area contributed by atoms with Crippen molar-refractivity contribution in [2.45, 2.75) is 26.2 Å². The standard InChI is InChI=1S/C19H20O3/c1-3-17(14-9-6-5-7-10-14)18(20)15-11-8-12-16(13-15)19(21)22-4-2/h5-13,17H,3-4H2,1-2H3. The molecule has 0 saturated heterocycles. The second kappa shape index (κ2) is 7.55. The van der Waals surface area contributed by atoms with Gasteiger partial charge >= 0.3 is 5.97 Å². The van der Waals surface area contributed by atoms with Crippen molar-refractivity contribution in [2.24, 2.45) is 0 Å². The number of ketones is 1. The number of ether oxygens (including phenoxy) is 1. The van der Waals surface area contributed by atoms with Gasteiger partial charge in [-0.3, -0.25) is 4.79 Å². The summed E-state index contributed by atoms with van der Waals surface area (Å²) in [5, 5.41) is 0. The summed E-state index contributed by atoms with van der Waals surface area (Å²) in [5.74, 6) is -0.566. The van der Waals surface area contributed by atoms with Gasteiger partial charge in [-0.25, -0.2) is 4.79 Å². The zero-order chi connectivity index (χ0) is 15.9. The maximum absolute atomic E-state index is 12.8. The number of esters is 1. The smallest absolute Gasteiger partial charge is 0.338 e. The lowest BCUT2D eigenvalue weighted by Gasteiger charge is -2.14. The van der Waals surface area contributed by atoms with Crippen molar-refractivity contribution in [3.63, 3.8) is 0 Å². The third-order valence-electron chi connectivity index (χ3n) is 3.58. The Morgan fingerprint density at radius 3 is 2.27 bits per heavy atom. The molecular weight excluding hydrogens is 276 g/mol. The maximum atomic E-state index is 12.8. The molecule has 0 aliphatic rings. The lowest BCUT2D eigenvalue weighted by atomic mass is 9.88. The Hall–Kier alpha value is -2.42. The molecule has 0 amide bonds. The van der Waals surface area contributed by atoms with E-state index in [0.717, 1.165) is 5.56 Å². The van der Waals surface area contributed by atoms with Crippen molar-refractivity contribution in [1.82, 2.24) is 0 Å². The molecular formula is C19H20O3. The van der Waals surface area contributed by atoms with E-state index in [9.17, 15) is 9.59 Å². The topological polar surface area (TPSA) is 43.4 Å². The molecule has 0 bridgehead atoms. The minimum Gasteiger partial charge on any atom is -0.462 e. The SMILES string of the molecule is CCOC(=O)c1cccc(C(=O)C(CC)c2ccccc2)c1. The highest BCUT2D eigenvalue weighted by Crippen LogP contribution is 2.24. The van der Waals surface area contributed by atoms with Crippen LogP contribution in [-0.2, 0) is 4.74 Å². The summed E-state index contributed by atoms with van der Waals surface area (Å²) in [6.07, 6.45) is 0.715. The van der Waals surface area contributed by atoms with Crippen molar-refractivity contribution in [2.75, 3.05) is 6.61 Å². The molecule has 0 aliphatic carbocycles. The predicted molar refractivity (Wildman–Crippen MR) is 86.2 cm³/mol. The lowest BCUT2D eigenvalue weighted by molar-refractivity contribution is 0.0526. The molecule has 0 aliphatic heterocycles. The van der Waals surface area contributed by atoms with Crippen LogP contribution >= 0.6 is 0 Å². The second-order valence-electron chi connectivity index (χ2n) is 5.04. The molecule has 22 heavy (non-hydrogen) atoms. The molecule has 2 aromatic carbocycles. The Kier molecular flexibility index (Phi) is 5.48. The third-order valence-corrected chi connectivity index (χ3v) is 3.58. The highest BCUT2D eigenvalue weighted by atomic mass is 16.5. The number of rotatable bonds is 6. The van der Waals surface area contributed by atoms with Gasteiger partial charge in [0.15, 0.2) is 5.78 Å². The third kappa shape index (κ3) is 3.61. The number of Topliss-reactive ketones (excluding diaryl/α,β-unsaturated/α-hetero) is 1. The van der Waals surface area contributed by atoms with E-state index in [2.05, 4.69) is 0 Å². The number of benzene rings is 2. The van der Waals surface area contributed by atoms with Gasteiger partial charge in [0, 0.05) is 11.5 Å². The van der Waals surface area contributed by atoms with Crippen LogP contribution in [0.25, 0.3) is 0 Å². The van der Waals surface area contributed by atoms with Crippen LogP contribution in [-0.4, -0.2) is 18.4 Å². The summed E-state index contributed by atoms with van der Waals surface area (Å²) in [6.45, 7) is 4.07. The highest BCUT2D eigenvalue weighted by Gasteiger charge is 2.21. The van der Waals surface area contributed by atoms with Crippen LogP contribution in [0, 0.1) is 0 Å². The van der Waals surface area contributed by atoms with Gasteiger partial charge in [-0.05, 0) is 31.0 Å². The molecule has 0 aromatic heterocycles. The van der Waals surface area contributed by atoms with E-state index < -0.39 is 5.97 Å². The molecule has 114 valence electrons. The molecule has 0 spiro atoms. The average molecular weight is 296 g/mol. The fourth-order valence-electron chi connectivity index (χ4n) is 2.47. The van der Waals surface area contributed by atoms with Gasteiger partial charge in [-0.15, -0.1) is 0 Å². The van der Waals surface area contributed by atoms with Crippen LogP contribution in [0.15, 0.2) is 54.6 Å². The van der Waals surface area contributed by atoms with Gasteiger partial charge in [-0.2, -0.15) is 0 Å². The van der Waals surface area contributed by atoms with E-state index >= 15 is 0 Å². The van der Waals surface area contributed by atoms with Gasteiger partial charge in [0.1, 0.15) is 0 Å². The molecule has 2 rings (SSSR count). The molecule has 0 saturated carbocycles. The van der Waals surface area contributed by atoms with Crippen LogP contribution in [0.2, 0.25) is 0 Å². The van der Waals surface area contributed by atoms with Gasteiger partial charge in [0.05, 0.1) is 12.2 Å². The first-order valence-electron chi connectivity index (χ1n) is 7.53. The van der Waals surface area contributed by atoms with Crippen molar-refractivity contribution < 1.29 is 14.3 Å². The molecule has 2 aromatic rings. The Morgan fingerprint density at radius 1 is 0.955 bits per heavy atom. The highest BCUT2D eigenvalue weighted by molar-refractivity contribution is 6.02. The summed E-state index contributed by atoms with van der Waals surface area (Å²) >= 11 is 0. The van der Waals surface area contributed by atoms with Gasteiger partial charge in [0.2, 0.25) is 0 Å². The van der Waals surface area contributed by atoms with Crippen molar-refractivity contribution >= 4 is 11.8 Å². The Balaban J connectivity index is 2.28. The predicted octanol–water partition coefficient (Wildman–Crippen LogP) is 4.24. The molecule has 0 N–H and O–H groups in total. The summed E-state index contributed by atoms with van der Waals surface area (Å²) in [6, 6.07) is 16.5. The monoisotopic (exact) mass is 296 g/mol. The van der Waals surface area contributed by atoms with Crippen molar-refractivity contribution in [3.05, 3.63) is 71.3 Å². The fraction of sp³-hybridized carbons (Fsp3) is 0.263. The lowest BCUT2D eigenvalue weighted by Crippen LogP contribution is -2.13. The number of carbonyl (C=O) groups excluding carboxylic acids is 2. The van der Waals surface area contributed by atoms with Gasteiger partial charge in [0.25, 0.3) is 0 Å². The van der Waals surface area contributed by atoms with Crippen LogP contribution in [0.3, 0.4) is 0 Å². The molecule has 1 atom stereocenters. The first-order valence-corrected chi connectivity index (χ1v) is 7.53. The normalized spacial score (nSPS) is 11.7. The Bertz CT molecular complexity index is 647. The largest absolute Gasteiger partial charge is 0.462 e. The van der Waals surface area contributed by atoms with E-state index in [1.54, 1.807) is 31.2 Å². The zero-order valence-corrected chi connectivity index (χ0v) is 12.9. The molecule has 1 unspecified atom stereocenters. The second-order valence-corrected chi connectivity index (χ2v) is 5.04. The van der Waals surface area contributed by atoms with Crippen LogP contribution in [0.1, 0.15) is 52.5 Å². The van der Waals surface area contributed by atoms with E-state index in [1.807, 2.05) is 37.3 Å². The Labute approximate surface area is 130 Å². The summed E-state index contributed by atoms with van der Waals surface area (Å²) in [7, 11) is 0. The van der Waals surface area contributed by atoms with Crippen LogP contribution < -0.4 is 0 Å². The minimum atomic E-state index is -0.398. The fourth-order valence-corrected chi connectivity index (χ4v) is 2.47. The number of hydrogen-bond donors (Lipinski definition) is 0. The molecule has 0 heterocycles. The van der Waals surface area contributed by atoms with E-state index in [1.165, 1.54) is 0 Å². The van der Waals surface area contributed by atoms with Crippen LogP contribution in [0.5, 0.6) is 0 Å². The first kappa shape index (κ1) is 16.0. The number of carbonyl (C=O) groups is 2. The molecule has 3 heteroatoms. The first-order chi connectivity index (χ1) is 10.7.